The summed E-state index contributed by atoms with van der Waals surface area (Å²) in [6.07, 6.45) is 4.42. The van der Waals surface area contributed by atoms with Crippen LogP contribution in [-0.4, -0.2) is 48.1 Å². The van der Waals surface area contributed by atoms with Crippen LogP contribution in [-0.2, 0) is 16.1 Å². The van der Waals surface area contributed by atoms with Gasteiger partial charge in [0.25, 0.3) is 0 Å². The Morgan fingerprint density at radius 1 is 1.19 bits per heavy atom. The number of methoxy groups -OCH3 is 1. The van der Waals surface area contributed by atoms with Crippen LogP contribution in [0.1, 0.15) is 31.2 Å². The van der Waals surface area contributed by atoms with Crippen molar-refractivity contribution < 1.29 is 19.4 Å². The summed E-state index contributed by atoms with van der Waals surface area (Å²) in [4.78, 5) is 25.2. The van der Waals surface area contributed by atoms with E-state index < -0.39 is 5.97 Å². The summed E-state index contributed by atoms with van der Waals surface area (Å²) < 4.78 is 5.60. The molecule has 0 aliphatic heterocycles. The molecule has 0 aromatic heterocycles. The van der Waals surface area contributed by atoms with Crippen LogP contribution in [0.3, 0.4) is 0 Å². The molecule has 27 heavy (non-hydrogen) atoms. The number of ether oxygens (including phenoxy) is 1. The van der Waals surface area contributed by atoms with E-state index in [1.807, 2.05) is 24.3 Å². The van der Waals surface area contributed by atoms with Crippen LogP contribution in [0.25, 0.3) is 10.8 Å². The third-order valence-electron chi connectivity index (χ3n) is 5.20. The minimum atomic E-state index is -1.04. The Bertz CT molecular complexity index is 815. The second kappa shape index (κ2) is 8.86. The van der Waals surface area contributed by atoms with Crippen molar-refractivity contribution in [3.8, 4) is 5.75 Å². The Morgan fingerprint density at radius 3 is 2.63 bits per heavy atom. The van der Waals surface area contributed by atoms with E-state index in [0.717, 1.165) is 47.8 Å². The van der Waals surface area contributed by atoms with Crippen molar-refractivity contribution in [1.82, 2.24) is 10.2 Å². The minimum absolute atomic E-state index is 0.185. The molecule has 1 aliphatic rings. The van der Waals surface area contributed by atoms with Gasteiger partial charge in [-0.3, -0.25) is 14.5 Å². The minimum Gasteiger partial charge on any atom is -0.496 e. The molecule has 6 nitrogen and oxygen atoms in total. The zero-order chi connectivity index (χ0) is 19.2. The monoisotopic (exact) mass is 370 g/mol. The van der Waals surface area contributed by atoms with Crippen LogP contribution in [0.2, 0.25) is 0 Å². The summed E-state index contributed by atoms with van der Waals surface area (Å²) in [7, 11) is 1.66. The van der Waals surface area contributed by atoms with E-state index in [-0.39, 0.29) is 19.0 Å². The number of nitrogens with one attached hydrogen (secondary N) is 1. The number of hydrogen-bond donors (Lipinski definition) is 2. The van der Waals surface area contributed by atoms with Crippen molar-refractivity contribution >= 4 is 22.6 Å². The Morgan fingerprint density at radius 2 is 1.93 bits per heavy atom. The van der Waals surface area contributed by atoms with E-state index in [4.69, 9.17) is 9.84 Å². The fourth-order valence-electron chi connectivity index (χ4n) is 3.87. The molecule has 0 radical (unpaired) electrons. The second-order valence-electron chi connectivity index (χ2n) is 6.98. The standard InChI is InChI=1S/C21H26N2O4/c1-27-19-11-10-15-6-2-5-9-17(15)18(19)13-23(16-7-3-4-8-16)14-20(24)22-12-21(25)26/h2,5-6,9-11,16H,3-4,7-8,12-14H2,1H3,(H,22,24)(H,25,26). The van der Waals surface area contributed by atoms with E-state index in [9.17, 15) is 9.59 Å². The first kappa shape index (κ1) is 19.2. The Hall–Kier alpha value is -2.60. The van der Waals surface area contributed by atoms with Crippen LogP contribution in [0.4, 0.5) is 0 Å². The molecule has 2 aromatic rings. The molecule has 0 atom stereocenters. The van der Waals surface area contributed by atoms with Crippen molar-refractivity contribution in [2.75, 3.05) is 20.2 Å². The highest BCUT2D eigenvalue weighted by Gasteiger charge is 2.26. The summed E-state index contributed by atoms with van der Waals surface area (Å²) >= 11 is 0. The molecule has 0 heterocycles. The molecule has 0 spiro atoms. The summed E-state index contributed by atoms with van der Waals surface area (Å²) in [6, 6.07) is 12.5. The van der Waals surface area contributed by atoms with Crippen molar-refractivity contribution in [1.29, 1.82) is 0 Å². The average molecular weight is 370 g/mol. The highest BCUT2D eigenvalue weighted by molar-refractivity contribution is 5.88. The van der Waals surface area contributed by atoms with Crippen LogP contribution >= 0.6 is 0 Å². The number of nitrogens with zero attached hydrogens (tertiary/aromatic N) is 1. The fourth-order valence-corrected chi connectivity index (χ4v) is 3.87. The zero-order valence-electron chi connectivity index (χ0n) is 15.6. The summed E-state index contributed by atoms with van der Waals surface area (Å²) in [5.74, 6) is -0.488. The number of fused-ring (bicyclic) bond motifs is 1. The molecule has 2 N–H and O–H groups in total. The number of carboxylic acids is 1. The third-order valence-corrected chi connectivity index (χ3v) is 5.20. The SMILES string of the molecule is COc1ccc2ccccc2c1CN(CC(=O)NCC(=O)O)C1CCCC1. The van der Waals surface area contributed by atoms with E-state index in [0.29, 0.717) is 12.6 Å². The van der Waals surface area contributed by atoms with Gasteiger partial charge in [0.1, 0.15) is 12.3 Å². The summed E-state index contributed by atoms with van der Waals surface area (Å²) in [5.41, 5.74) is 1.06. The van der Waals surface area contributed by atoms with Gasteiger partial charge in [-0.2, -0.15) is 0 Å². The van der Waals surface area contributed by atoms with E-state index in [1.54, 1.807) is 7.11 Å². The predicted octanol–water partition coefficient (Wildman–Crippen LogP) is 2.79. The first-order valence-electron chi connectivity index (χ1n) is 9.35. The molecule has 1 saturated carbocycles. The molecule has 3 rings (SSSR count). The molecule has 0 saturated heterocycles. The van der Waals surface area contributed by atoms with Gasteiger partial charge in [0.2, 0.25) is 5.91 Å². The normalized spacial score (nSPS) is 14.6. The number of carboxylic acid groups (broad SMARTS) is 1. The first-order valence-corrected chi connectivity index (χ1v) is 9.35. The molecule has 1 amide bonds. The van der Waals surface area contributed by atoms with Crippen molar-refractivity contribution in [2.45, 2.75) is 38.3 Å². The smallest absolute Gasteiger partial charge is 0.322 e. The quantitative estimate of drug-likeness (QED) is 0.747. The Labute approximate surface area is 159 Å². The number of benzene rings is 2. The van der Waals surface area contributed by atoms with E-state index >= 15 is 0 Å². The fraction of sp³-hybridized carbons (Fsp3) is 0.429. The summed E-state index contributed by atoms with van der Waals surface area (Å²) in [5, 5.41) is 13.5. The van der Waals surface area contributed by atoms with Gasteiger partial charge in [-0.1, -0.05) is 43.2 Å². The van der Waals surface area contributed by atoms with Gasteiger partial charge in [-0.25, -0.2) is 0 Å². The van der Waals surface area contributed by atoms with E-state index in [1.165, 1.54) is 0 Å². The maximum absolute atomic E-state index is 12.3. The maximum Gasteiger partial charge on any atom is 0.322 e. The first-order chi connectivity index (χ1) is 13.1. The topological polar surface area (TPSA) is 78.9 Å². The number of aliphatic carboxylic acids is 1. The lowest BCUT2D eigenvalue weighted by molar-refractivity contribution is -0.138. The molecular formula is C21H26N2O4. The molecule has 1 fully saturated rings. The molecule has 2 aromatic carbocycles. The predicted molar refractivity (Wildman–Crippen MR) is 104 cm³/mol. The number of carbonyl (C=O) groups excluding carboxylic acids is 1. The molecular weight excluding hydrogens is 344 g/mol. The van der Waals surface area contributed by atoms with E-state index in [2.05, 4.69) is 22.3 Å². The van der Waals surface area contributed by atoms with Crippen LogP contribution < -0.4 is 10.1 Å². The third kappa shape index (κ3) is 4.77. The van der Waals surface area contributed by atoms with Gasteiger partial charge in [-0.15, -0.1) is 0 Å². The highest BCUT2D eigenvalue weighted by atomic mass is 16.5. The maximum atomic E-state index is 12.3. The van der Waals surface area contributed by atoms with Crippen LogP contribution in [0, 0.1) is 0 Å². The molecule has 0 unspecified atom stereocenters. The lowest BCUT2D eigenvalue weighted by atomic mass is 10.0. The van der Waals surface area contributed by atoms with Gasteiger partial charge in [-0.05, 0) is 29.7 Å². The Balaban J connectivity index is 1.86. The number of hydrogen-bond acceptors (Lipinski definition) is 4. The summed E-state index contributed by atoms with van der Waals surface area (Å²) in [6.45, 7) is 0.426. The van der Waals surface area contributed by atoms with Gasteiger partial charge in [0.05, 0.1) is 13.7 Å². The van der Waals surface area contributed by atoms with Gasteiger partial charge >= 0.3 is 5.97 Å². The molecule has 144 valence electrons. The largest absolute Gasteiger partial charge is 0.496 e. The zero-order valence-corrected chi connectivity index (χ0v) is 15.6. The number of rotatable bonds is 8. The molecule has 0 bridgehead atoms. The van der Waals surface area contributed by atoms with Gasteiger partial charge < -0.3 is 15.2 Å². The second-order valence-corrected chi connectivity index (χ2v) is 6.98. The average Bonchev–Trinajstić information content (AvgIpc) is 3.20. The Kier molecular flexibility index (Phi) is 6.29. The number of amides is 1. The van der Waals surface area contributed by atoms with Gasteiger partial charge in [0.15, 0.2) is 0 Å². The molecule has 1 aliphatic carbocycles. The van der Waals surface area contributed by atoms with Crippen molar-refractivity contribution in [3.63, 3.8) is 0 Å². The van der Waals surface area contributed by atoms with Gasteiger partial charge in [0, 0.05) is 18.2 Å². The highest BCUT2D eigenvalue weighted by Crippen LogP contribution is 2.32. The lowest BCUT2D eigenvalue weighted by Crippen LogP contribution is -2.42. The molecule has 6 heteroatoms. The number of carbonyl (C=O) groups is 2. The van der Waals surface area contributed by atoms with Crippen molar-refractivity contribution in [3.05, 3.63) is 42.0 Å². The van der Waals surface area contributed by atoms with Crippen LogP contribution in [0.5, 0.6) is 5.75 Å². The van der Waals surface area contributed by atoms with Crippen molar-refractivity contribution in [2.24, 2.45) is 0 Å². The van der Waals surface area contributed by atoms with Crippen LogP contribution in [0.15, 0.2) is 36.4 Å². The lowest BCUT2D eigenvalue weighted by Gasteiger charge is -2.29.